The van der Waals surface area contributed by atoms with E-state index < -0.39 is 46.8 Å². The number of aliphatic hydroxyl groups excluding tert-OH is 2. The van der Waals surface area contributed by atoms with E-state index in [2.05, 4.69) is 29.1 Å². The first-order chi connectivity index (χ1) is 17.5. The molecule has 196 valence electrons. The van der Waals surface area contributed by atoms with E-state index in [1.54, 1.807) is 0 Å². The number of fused-ring (bicyclic) bond motifs is 2. The smallest absolute Gasteiger partial charge is 0.387 e. The number of benzene rings is 2. The van der Waals surface area contributed by atoms with Gasteiger partial charge in [0.25, 0.3) is 0 Å². The quantitative estimate of drug-likeness (QED) is 0.171. The first-order valence-electron chi connectivity index (χ1n) is 10.7. The van der Waals surface area contributed by atoms with Crippen LogP contribution in [0.4, 0.5) is 11.5 Å². The molecule has 1 aliphatic rings. The Morgan fingerprint density at radius 1 is 1.00 bits per heavy atom. The van der Waals surface area contributed by atoms with E-state index >= 15 is 0 Å². The summed E-state index contributed by atoms with van der Waals surface area (Å²) in [5, 5.41) is 26.2. The lowest BCUT2D eigenvalue weighted by molar-refractivity contribution is -0.0503. The summed E-state index contributed by atoms with van der Waals surface area (Å²) < 4.78 is 37.7. The monoisotopic (exact) mass is 553 g/mol. The SMILES string of the molecule is O=P(O)(O)OP(=O)(O)OC[C@H]1O[C@@H](n2cnc3c(Nc4cccc5ccccc45)ncnc32)[C@H](O)[C@@H]1O. The molecule has 3 heterocycles. The summed E-state index contributed by atoms with van der Waals surface area (Å²) in [5.41, 5.74) is 1.38. The zero-order valence-electron chi connectivity index (χ0n) is 18.7. The Morgan fingerprint density at radius 3 is 2.54 bits per heavy atom. The minimum atomic E-state index is -5.32. The van der Waals surface area contributed by atoms with Crippen molar-refractivity contribution in [2.24, 2.45) is 0 Å². The molecule has 0 saturated carbocycles. The Kier molecular flexibility index (Phi) is 6.85. The Morgan fingerprint density at radius 2 is 1.76 bits per heavy atom. The van der Waals surface area contributed by atoms with Crippen molar-refractivity contribution in [3.05, 3.63) is 55.1 Å². The lowest BCUT2D eigenvalue weighted by Gasteiger charge is -2.17. The van der Waals surface area contributed by atoms with Crippen LogP contribution in [0.15, 0.2) is 55.1 Å². The van der Waals surface area contributed by atoms with Gasteiger partial charge in [-0.25, -0.2) is 24.1 Å². The number of phosphoric acid groups is 2. The predicted molar refractivity (Wildman–Crippen MR) is 127 cm³/mol. The van der Waals surface area contributed by atoms with E-state index in [1.165, 1.54) is 17.2 Å². The number of hydrogen-bond acceptors (Lipinski definition) is 11. The molecule has 1 aliphatic heterocycles. The van der Waals surface area contributed by atoms with Crippen molar-refractivity contribution < 1.29 is 47.6 Å². The maximum atomic E-state index is 11.7. The average molecular weight is 553 g/mol. The number of nitrogens with one attached hydrogen (secondary N) is 1. The molecule has 6 N–H and O–H groups in total. The van der Waals surface area contributed by atoms with Crippen molar-refractivity contribution in [2.45, 2.75) is 24.5 Å². The molecule has 37 heavy (non-hydrogen) atoms. The van der Waals surface area contributed by atoms with Gasteiger partial charge in [0.1, 0.15) is 24.6 Å². The molecule has 0 spiro atoms. The number of anilines is 2. The van der Waals surface area contributed by atoms with E-state index in [0.29, 0.717) is 11.3 Å². The first kappa shape index (κ1) is 25.8. The Bertz CT molecular complexity index is 1540. The third-order valence-electron chi connectivity index (χ3n) is 5.62. The Balaban J connectivity index is 1.38. The lowest BCUT2D eigenvalue weighted by atomic mass is 10.1. The normalized spacial score (nSPS) is 23.9. The molecule has 15 nitrogen and oxygen atoms in total. The molecular weight excluding hydrogens is 532 g/mol. The standard InChI is InChI=1S/C20H21N5O10P2/c26-16-14(8-33-37(31,32)35-36(28,29)30)34-20(17(16)27)25-10-23-15-18(21-9-22-19(15)25)24-13-7-3-5-11-4-1-2-6-12(11)13/h1-7,9-10,14,16-17,20,26-27H,8H2,(H,31,32)(H,21,22,24)(H2,28,29,30)/t14-,16-,17-,20-/m1/s1. The third kappa shape index (κ3) is 5.42. The summed E-state index contributed by atoms with van der Waals surface area (Å²) in [4.78, 5) is 39.7. The van der Waals surface area contributed by atoms with Crippen molar-refractivity contribution in [1.82, 2.24) is 19.5 Å². The number of aliphatic hydroxyl groups is 2. The van der Waals surface area contributed by atoms with E-state index in [9.17, 15) is 24.2 Å². The van der Waals surface area contributed by atoms with Crippen molar-refractivity contribution in [2.75, 3.05) is 11.9 Å². The topological polar surface area (TPSA) is 219 Å². The van der Waals surface area contributed by atoms with Crippen LogP contribution in [-0.4, -0.2) is 69.3 Å². The van der Waals surface area contributed by atoms with Crippen LogP contribution in [0, 0.1) is 0 Å². The molecule has 1 fully saturated rings. The highest BCUT2D eigenvalue weighted by Gasteiger charge is 2.46. The van der Waals surface area contributed by atoms with Gasteiger partial charge in [0.05, 0.1) is 12.9 Å². The number of hydrogen-bond donors (Lipinski definition) is 6. The van der Waals surface area contributed by atoms with Crippen molar-refractivity contribution in [1.29, 1.82) is 0 Å². The average Bonchev–Trinajstić information content (AvgIpc) is 3.38. The van der Waals surface area contributed by atoms with Gasteiger partial charge in [-0.05, 0) is 11.5 Å². The van der Waals surface area contributed by atoms with Crippen molar-refractivity contribution >= 4 is 49.1 Å². The van der Waals surface area contributed by atoms with Crippen molar-refractivity contribution in [3.63, 3.8) is 0 Å². The predicted octanol–water partition coefficient (Wildman–Crippen LogP) is 1.57. The zero-order valence-corrected chi connectivity index (χ0v) is 20.5. The maximum Gasteiger partial charge on any atom is 0.481 e. The molecule has 0 aliphatic carbocycles. The summed E-state index contributed by atoms with van der Waals surface area (Å²) in [6, 6.07) is 13.5. The number of phosphoric ester groups is 1. The van der Waals surface area contributed by atoms with Gasteiger partial charge in [0.15, 0.2) is 23.2 Å². The Labute approximate surface area is 208 Å². The lowest BCUT2D eigenvalue weighted by Crippen LogP contribution is -2.33. The van der Waals surface area contributed by atoms with Gasteiger partial charge in [-0.15, -0.1) is 0 Å². The molecule has 0 bridgehead atoms. The van der Waals surface area contributed by atoms with Crippen LogP contribution in [0.1, 0.15) is 6.23 Å². The molecule has 4 aromatic rings. The van der Waals surface area contributed by atoms with Crippen LogP contribution < -0.4 is 5.32 Å². The number of imidazole rings is 1. The zero-order chi connectivity index (χ0) is 26.4. The number of rotatable bonds is 8. The summed E-state index contributed by atoms with van der Waals surface area (Å²) in [5.74, 6) is 0.379. The van der Waals surface area contributed by atoms with E-state index in [0.717, 1.165) is 16.5 Å². The van der Waals surface area contributed by atoms with Gasteiger partial charge in [0.2, 0.25) is 0 Å². The van der Waals surface area contributed by atoms with Crippen LogP contribution in [0.2, 0.25) is 0 Å². The summed E-state index contributed by atoms with van der Waals surface area (Å²) in [6.45, 7) is -0.821. The van der Waals surface area contributed by atoms with Crippen LogP contribution in [0.3, 0.4) is 0 Å². The highest BCUT2D eigenvalue weighted by atomic mass is 31.3. The van der Waals surface area contributed by atoms with E-state index in [4.69, 9.17) is 14.5 Å². The fourth-order valence-electron chi connectivity index (χ4n) is 4.01. The second-order valence-electron chi connectivity index (χ2n) is 8.08. The molecule has 5 atom stereocenters. The highest BCUT2D eigenvalue weighted by Crippen LogP contribution is 2.57. The Hall–Kier alpha value is -2.81. The molecule has 1 saturated heterocycles. The molecule has 2 aromatic carbocycles. The maximum absolute atomic E-state index is 11.7. The minimum Gasteiger partial charge on any atom is -0.387 e. The number of aromatic nitrogens is 4. The minimum absolute atomic E-state index is 0.258. The van der Waals surface area contributed by atoms with Gasteiger partial charge < -0.3 is 34.9 Å². The molecular formula is C20H21N5O10P2. The van der Waals surface area contributed by atoms with E-state index in [-0.39, 0.29) is 5.65 Å². The third-order valence-corrected chi connectivity index (χ3v) is 7.78. The van der Waals surface area contributed by atoms with Crippen LogP contribution in [-0.2, 0) is 22.7 Å². The largest absolute Gasteiger partial charge is 0.481 e. The second-order valence-corrected chi connectivity index (χ2v) is 10.9. The fraction of sp³-hybridized carbons (Fsp3) is 0.250. The van der Waals surface area contributed by atoms with E-state index in [1.807, 2.05) is 42.5 Å². The summed E-state index contributed by atoms with van der Waals surface area (Å²) in [7, 11) is -10.5. The molecule has 0 amide bonds. The van der Waals surface area contributed by atoms with Crippen LogP contribution >= 0.6 is 15.6 Å². The molecule has 1 unspecified atom stereocenters. The molecule has 17 heteroatoms. The summed E-state index contributed by atoms with van der Waals surface area (Å²) in [6.07, 6.45) is -3.09. The molecule has 2 aromatic heterocycles. The van der Waals surface area contributed by atoms with Gasteiger partial charge in [-0.2, -0.15) is 4.31 Å². The number of ether oxygens (including phenoxy) is 1. The molecule has 0 radical (unpaired) electrons. The van der Waals surface area contributed by atoms with Gasteiger partial charge >= 0.3 is 15.6 Å². The fourth-order valence-corrected chi connectivity index (χ4v) is 5.61. The summed E-state index contributed by atoms with van der Waals surface area (Å²) >= 11 is 0. The first-order valence-corrected chi connectivity index (χ1v) is 13.7. The van der Waals surface area contributed by atoms with Crippen LogP contribution in [0.5, 0.6) is 0 Å². The second kappa shape index (κ2) is 9.82. The highest BCUT2D eigenvalue weighted by molar-refractivity contribution is 7.60. The number of nitrogens with zero attached hydrogens (tertiary/aromatic N) is 4. The van der Waals surface area contributed by atoms with Gasteiger partial charge in [-0.1, -0.05) is 36.4 Å². The van der Waals surface area contributed by atoms with Crippen LogP contribution in [0.25, 0.3) is 21.9 Å². The van der Waals surface area contributed by atoms with Gasteiger partial charge in [-0.3, -0.25) is 9.09 Å². The molecule has 5 rings (SSSR count). The van der Waals surface area contributed by atoms with Crippen molar-refractivity contribution in [3.8, 4) is 0 Å². The van der Waals surface area contributed by atoms with Gasteiger partial charge in [0, 0.05) is 11.1 Å².